The first-order valence-corrected chi connectivity index (χ1v) is 31.8. The van der Waals surface area contributed by atoms with Gasteiger partial charge in [-0.1, -0.05) is 188 Å². The second-order valence-electron chi connectivity index (χ2n) is 25.3. The van der Waals surface area contributed by atoms with Gasteiger partial charge in [-0.15, -0.1) is 6.42 Å². The lowest BCUT2D eigenvalue weighted by atomic mass is 9.41. The third-order valence-electron chi connectivity index (χ3n) is 19.6. The number of ether oxygens (including phenoxy) is 2. The van der Waals surface area contributed by atoms with E-state index in [1.807, 2.05) is 6.07 Å². The number of hydrogen-bond acceptors (Lipinski definition) is 2. The predicted octanol–water partition coefficient (Wildman–Crippen LogP) is 21.4. The number of rotatable bonds is 21. The Balaban J connectivity index is 0.932. The monoisotopic (exact) mass is 1100 g/mol. The molecule has 3 unspecified atom stereocenters. The normalized spacial score (nSPS) is 18.8. The highest BCUT2D eigenvalue weighted by molar-refractivity contribution is 6.22. The van der Waals surface area contributed by atoms with Crippen molar-refractivity contribution in [3.63, 3.8) is 0 Å². The van der Waals surface area contributed by atoms with Crippen molar-refractivity contribution in [2.45, 2.75) is 160 Å². The molecule has 9 aromatic rings. The number of aryl methyl sites for hydroxylation is 1. The first-order valence-electron chi connectivity index (χ1n) is 31.8. The molecule has 3 atom stereocenters. The minimum Gasteiger partial charge on any atom is -0.494 e. The molecule has 9 aromatic carbocycles. The summed E-state index contributed by atoms with van der Waals surface area (Å²) in [5.41, 5.74) is 13.8. The molecule has 420 valence electrons. The Morgan fingerprint density at radius 3 is 1.71 bits per heavy atom. The summed E-state index contributed by atoms with van der Waals surface area (Å²) in [4.78, 5) is 0. The largest absolute Gasteiger partial charge is 0.494 e. The highest BCUT2D eigenvalue weighted by atomic mass is 16.5. The van der Waals surface area contributed by atoms with Crippen molar-refractivity contribution in [2.24, 2.45) is 11.8 Å². The molecular formula is C82H80O2. The standard InChI is InChI=1S/C82H80O2/c1-6-10-13-16-18-21-42-83-73-39-41-76-77(51-73)79(69-36-34-64-45-59(25-20-15-12-8-3)30-31-65(64)47-69)75-40-38-74(84-43-22-19-17-14-11-7-2)52-78(75)80(76)70-37-35-67-46-66(32-33-68(67)48-70)63-27-24-29-72(50-63)82-55-60-44-61(56-82)54-81(53-60,57-82)71-28-23-26-62(49-71)58(5)9-4/h1,23-24,26-41,45-52,58,60-61H,7-9,11-12,14-15,17,19-20,22,25,43-44,53-57H2,2-5H3. The van der Waals surface area contributed by atoms with Crippen LogP contribution < -0.4 is 9.47 Å². The molecule has 4 aliphatic rings. The quantitative estimate of drug-likeness (QED) is 0.0406. The van der Waals surface area contributed by atoms with Crippen LogP contribution in [0.4, 0.5) is 0 Å². The Morgan fingerprint density at radius 1 is 0.488 bits per heavy atom. The Kier molecular flexibility index (Phi) is 17.0. The Morgan fingerprint density at radius 2 is 1.04 bits per heavy atom. The second-order valence-corrected chi connectivity index (χ2v) is 25.3. The molecule has 0 saturated heterocycles. The number of terminal acetylenes is 1. The van der Waals surface area contributed by atoms with E-state index in [0.717, 1.165) is 74.2 Å². The zero-order valence-corrected chi connectivity index (χ0v) is 50.1. The van der Waals surface area contributed by atoms with Gasteiger partial charge < -0.3 is 9.47 Å². The van der Waals surface area contributed by atoms with E-state index in [2.05, 4.69) is 221 Å². The van der Waals surface area contributed by atoms with E-state index >= 15 is 0 Å². The average molecular weight is 1100 g/mol. The highest BCUT2D eigenvalue weighted by Gasteiger charge is 2.58. The zero-order valence-electron chi connectivity index (χ0n) is 50.1. The number of hydrogen-bond donors (Lipinski definition) is 0. The molecule has 2 nitrogen and oxygen atoms in total. The molecule has 4 bridgehead atoms. The maximum absolute atomic E-state index is 6.66. The number of benzene rings is 9. The molecule has 0 spiro atoms. The summed E-state index contributed by atoms with van der Waals surface area (Å²) in [5, 5.41) is 9.43. The molecule has 0 aliphatic heterocycles. The van der Waals surface area contributed by atoms with Crippen LogP contribution in [0.2, 0.25) is 0 Å². The molecule has 0 N–H and O–H groups in total. The minimum atomic E-state index is 0.219. The third-order valence-corrected chi connectivity index (χ3v) is 19.6. The van der Waals surface area contributed by atoms with E-state index in [1.54, 1.807) is 11.1 Å². The van der Waals surface area contributed by atoms with Crippen molar-refractivity contribution in [1.29, 1.82) is 0 Å². The lowest BCUT2D eigenvalue weighted by molar-refractivity contribution is -0.0281. The van der Waals surface area contributed by atoms with Gasteiger partial charge in [0, 0.05) is 17.8 Å². The van der Waals surface area contributed by atoms with Crippen molar-refractivity contribution >= 4 is 43.1 Å². The summed E-state index contributed by atoms with van der Waals surface area (Å²) in [6.45, 7) is 9.96. The smallest absolute Gasteiger partial charge is 0.140 e. The van der Waals surface area contributed by atoms with Crippen molar-refractivity contribution in [2.75, 3.05) is 6.61 Å². The Bertz CT molecular complexity index is 4130. The van der Waals surface area contributed by atoms with Crippen LogP contribution in [0.3, 0.4) is 0 Å². The average Bonchev–Trinajstić information content (AvgIpc) is 2.07. The maximum atomic E-state index is 6.66. The Hall–Kier alpha value is -8.14. The minimum absolute atomic E-state index is 0.219. The fourth-order valence-corrected chi connectivity index (χ4v) is 15.6. The van der Waals surface area contributed by atoms with Crippen LogP contribution in [0.1, 0.15) is 165 Å². The highest BCUT2D eigenvalue weighted by Crippen LogP contribution is 2.66. The van der Waals surface area contributed by atoms with Crippen LogP contribution in [0.15, 0.2) is 158 Å². The van der Waals surface area contributed by atoms with Crippen LogP contribution in [-0.4, -0.2) is 6.61 Å². The van der Waals surface area contributed by atoms with Crippen molar-refractivity contribution in [3.8, 4) is 92.9 Å². The van der Waals surface area contributed by atoms with Crippen LogP contribution in [-0.2, 0) is 17.3 Å². The maximum Gasteiger partial charge on any atom is 0.140 e. The van der Waals surface area contributed by atoms with E-state index in [1.165, 1.54) is 147 Å². The first kappa shape index (κ1) is 56.3. The van der Waals surface area contributed by atoms with E-state index in [4.69, 9.17) is 15.9 Å². The molecule has 0 aromatic heterocycles. The van der Waals surface area contributed by atoms with Gasteiger partial charge in [-0.2, -0.15) is 0 Å². The van der Waals surface area contributed by atoms with Crippen molar-refractivity contribution in [3.05, 3.63) is 180 Å². The molecular weight excluding hydrogens is 1020 g/mol. The van der Waals surface area contributed by atoms with Gasteiger partial charge in [-0.05, 0) is 258 Å². The van der Waals surface area contributed by atoms with Crippen molar-refractivity contribution < 1.29 is 9.47 Å². The Labute approximate surface area is 501 Å². The predicted molar refractivity (Wildman–Crippen MR) is 355 cm³/mol. The van der Waals surface area contributed by atoms with Gasteiger partial charge in [0.1, 0.15) is 17.6 Å². The summed E-state index contributed by atoms with van der Waals surface area (Å²) in [5.74, 6) is 19.3. The third kappa shape index (κ3) is 11.9. The van der Waals surface area contributed by atoms with E-state index < -0.39 is 0 Å². The van der Waals surface area contributed by atoms with Crippen LogP contribution in [0.5, 0.6) is 11.5 Å². The van der Waals surface area contributed by atoms with E-state index in [0.29, 0.717) is 18.3 Å². The summed E-state index contributed by atoms with van der Waals surface area (Å²) in [6.07, 6.45) is 30.7. The fourth-order valence-electron chi connectivity index (χ4n) is 15.6. The topological polar surface area (TPSA) is 18.5 Å². The molecule has 0 heterocycles. The van der Waals surface area contributed by atoms with Gasteiger partial charge in [-0.3, -0.25) is 0 Å². The van der Waals surface area contributed by atoms with Crippen LogP contribution >= 0.6 is 0 Å². The van der Waals surface area contributed by atoms with Gasteiger partial charge in [0.25, 0.3) is 0 Å². The number of unbranched alkanes of at least 4 members (excludes halogenated alkanes) is 8. The summed E-state index contributed by atoms with van der Waals surface area (Å²) < 4.78 is 12.8. The lowest BCUT2D eigenvalue weighted by Gasteiger charge is -2.63. The molecule has 84 heavy (non-hydrogen) atoms. The van der Waals surface area contributed by atoms with E-state index in [-0.39, 0.29) is 10.8 Å². The molecule has 4 aliphatic carbocycles. The van der Waals surface area contributed by atoms with Gasteiger partial charge in [0.2, 0.25) is 0 Å². The molecule has 0 amide bonds. The van der Waals surface area contributed by atoms with Crippen molar-refractivity contribution in [1.82, 2.24) is 0 Å². The number of fused-ring (bicyclic) bond motifs is 4. The first-order chi connectivity index (χ1) is 41.3. The summed E-state index contributed by atoms with van der Waals surface area (Å²) in [6, 6.07) is 60.8. The van der Waals surface area contributed by atoms with Gasteiger partial charge >= 0.3 is 0 Å². The SMILES string of the molecule is C#CC#CC#CC#COc1ccc2c(-c3ccc4cc(-c5cccc(C67CC8CC(C6)CC(c6cccc(C(C)CC)c6)(C8)C7)c5)ccc4c3)c3cc(OCCCCCCCC)ccc3c(-c3ccc4cc(CCCCCC)ccc4c3)c2c1. The van der Waals surface area contributed by atoms with Crippen LogP contribution in [0, 0.1) is 59.9 Å². The zero-order chi connectivity index (χ0) is 57.5. The van der Waals surface area contributed by atoms with Gasteiger partial charge in [0.05, 0.1) is 6.61 Å². The molecule has 4 saturated carbocycles. The second kappa shape index (κ2) is 25.4. The molecule has 0 radical (unpaired) electrons. The van der Waals surface area contributed by atoms with Gasteiger partial charge in [0.15, 0.2) is 0 Å². The molecule has 4 fully saturated rings. The fraction of sp³-hybridized carbons (Fsp3) is 0.341. The van der Waals surface area contributed by atoms with Gasteiger partial charge in [-0.25, -0.2) is 0 Å². The molecule has 2 heteroatoms. The summed E-state index contributed by atoms with van der Waals surface area (Å²) >= 11 is 0. The van der Waals surface area contributed by atoms with E-state index in [9.17, 15) is 0 Å². The van der Waals surface area contributed by atoms with Crippen LogP contribution in [0.25, 0.3) is 76.5 Å². The summed E-state index contributed by atoms with van der Waals surface area (Å²) in [7, 11) is 0. The lowest BCUT2D eigenvalue weighted by Crippen LogP contribution is -2.55. The molecule has 13 rings (SSSR count).